The maximum atomic E-state index is 12.7. The highest BCUT2D eigenvalue weighted by atomic mass is 32.2. The first-order chi connectivity index (χ1) is 10.4. The first-order valence-electron chi connectivity index (χ1n) is 6.44. The number of aryl methyl sites for hydroxylation is 1. The lowest BCUT2D eigenvalue weighted by Gasteiger charge is -2.07. The summed E-state index contributed by atoms with van der Waals surface area (Å²) in [7, 11) is -3.74. The van der Waals surface area contributed by atoms with Gasteiger partial charge >= 0.3 is 0 Å². The van der Waals surface area contributed by atoms with E-state index < -0.39 is 10.0 Å². The first kappa shape index (κ1) is 14.3. The van der Waals surface area contributed by atoms with Gasteiger partial charge in [-0.1, -0.05) is 24.3 Å². The quantitative estimate of drug-likeness (QED) is 0.751. The fourth-order valence-electron chi connectivity index (χ4n) is 2.04. The number of rotatable bonds is 3. The molecule has 3 aromatic rings. The van der Waals surface area contributed by atoms with Crippen molar-refractivity contribution in [3.8, 4) is 0 Å². The molecule has 0 aliphatic carbocycles. The van der Waals surface area contributed by atoms with Gasteiger partial charge in [-0.05, 0) is 25.1 Å². The summed E-state index contributed by atoms with van der Waals surface area (Å²) in [6, 6.07) is 8.10. The highest BCUT2D eigenvalue weighted by Gasteiger charge is 2.20. The van der Waals surface area contributed by atoms with E-state index >= 15 is 0 Å². The fourth-order valence-corrected chi connectivity index (χ4v) is 3.34. The molecule has 22 heavy (non-hydrogen) atoms. The summed E-state index contributed by atoms with van der Waals surface area (Å²) in [5, 5.41) is 9.33. The van der Waals surface area contributed by atoms with Crippen LogP contribution in [0.2, 0.25) is 0 Å². The fraction of sp³-hybridized carbons (Fsp3) is 0.0667. The maximum absolute atomic E-state index is 12.7. The lowest BCUT2D eigenvalue weighted by Crippen LogP contribution is -2.12. The molecule has 112 valence electrons. The van der Waals surface area contributed by atoms with E-state index in [9.17, 15) is 13.5 Å². The molecule has 0 fully saturated rings. The van der Waals surface area contributed by atoms with Gasteiger partial charge in [-0.3, -0.25) is 0 Å². The number of fused-ring (bicyclic) bond motifs is 1. The summed E-state index contributed by atoms with van der Waals surface area (Å²) in [5.74, 6) is -0.219. The third kappa shape index (κ3) is 2.25. The van der Waals surface area contributed by atoms with E-state index in [0.717, 1.165) is 9.54 Å². The molecule has 7 heteroatoms. The second-order valence-corrected chi connectivity index (χ2v) is 6.66. The Morgan fingerprint density at radius 1 is 1.23 bits per heavy atom. The van der Waals surface area contributed by atoms with Crippen molar-refractivity contribution in [1.29, 1.82) is 0 Å². The van der Waals surface area contributed by atoms with Gasteiger partial charge in [0, 0.05) is 6.20 Å². The van der Waals surface area contributed by atoms with Crippen LogP contribution in [-0.4, -0.2) is 27.5 Å². The predicted octanol–water partition coefficient (Wildman–Crippen LogP) is 2.51. The predicted molar refractivity (Wildman–Crippen MR) is 83.0 cm³/mol. The summed E-state index contributed by atoms with van der Waals surface area (Å²) in [6.45, 7) is 5.26. The molecule has 0 bridgehead atoms. The van der Waals surface area contributed by atoms with Crippen molar-refractivity contribution in [3.05, 3.63) is 60.6 Å². The van der Waals surface area contributed by atoms with Gasteiger partial charge in [0.15, 0.2) is 5.65 Å². The summed E-state index contributed by atoms with van der Waals surface area (Å²) >= 11 is 0. The number of nitrogens with zero attached hydrogens (tertiary/aromatic N) is 3. The van der Waals surface area contributed by atoms with Gasteiger partial charge in [-0.15, -0.1) is 0 Å². The van der Waals surface area contributed by atoms with Crippen molar-refractivity contribution >= 4 is 26.9 Å². The van der Waals surface area contributed by atoms with Gasteiger partial charge in [0.05, 0.1) is 11.1 Å². The number of aliphatic hydroxyl groups excluding tert-OH is 1. The average Bonchev–Trinajstić information content (AvgIpc) is 2.91. The van der Waals surface area contributed by atoms with Gasteiger partial charge < -0.3 is 5.11 Å². The smallest absolute Gasteiger partial charge is 0.269 e. The minimum Gasteiger partial charge on any atom is -0.506 e. The molecule has 0 saturated heterocycles. The van der Waals surface area contributed by atoms with Crippen molar-refractivity contribution < 1.29 is 13.5 Å². The number of benzene rings is 1. The summed E-state index contributed by atoms with van der Waals surface area (Å²) in [5.41, 5.74) is 1.74. The van der Waals surface area contributed by atoms with Crippen LogP contribution in [0.5, 0.6) is 0 Å². The van der Waals surface area contributed by atoms with E-state index in [1.807, 2.05) is 6.92 Å². The van der Waals surface area contributed by atoms with Gasteiger partial charge in [-0.25, -0.2) is 22.4 Å². The van der Waals surface area contributed by atoms with Crippen LogP contribution in [0.15, 0.2) is 54.2 Å². The summed E-state index contributed by atoms with van der Waals surface area (Å²) in [4.78, 5) is 8.37. The van der Waals surface area contributed by atoms with E-state index in [4.69, 9.17) is 0 Å². The highest BCUT2D eigenvalue weighted by molar-refractivity contribution is 7.90. The van der Waals surface area contributed by atoms with Gasteiger partial charge in [0.1, 0.15) is 17.0 Å². The van der Waals surface area contributed by atoms with Gasteiger partial charge in [0.2, 0.25) is 0 Å². The molecular formula is C15H13N3O3S. The SMILES string of the molecule is C=C(O)c1cnc2c(ccn2S(=O)(=O)c2ccc(C)cc2)n1. The molecule has 0 aliphatic rings. The van der Waals surface area contributed by atoms with Crippen LogP contribution in [0.4, 0.5) is 0 Å². The first-order valence-corrected chi connectivity index (χ1v) is 7.88. The van der Waals surface area contributed by atoms with Gasteiger partial charge in [0.25, 0.3) is 10.0 Å². The molecular weight excluding hydrogens is 302 g/mol. The molecule has 1 aromatic carbocycles. The lowest BCUT2D eigenvalue weighted by atomic mass is 10.2. The largest absolute Gasteiger partial charge is 0.506 e. The number of aliphatic hydroxyl groups is 1. The van der Waals surface area contributed by atoms with Crippen LogP contribution < -0.4 is 0 Å². The van der Waals surface area contributed by atoms with Crippen molar-refractivity contribution in [3.63, 3.8) is 0 Å². The number of aromatic nitrogens is 3. The van der Waals surface area contributed by atoms with E-state index in [0.29, 0.717) is 5.52 Å². The average molecular weight is 315 g/mol. The van der Waals surface area contributed by atoms with E-state index in [1.54, 1.807) is 24.3 Å². The minimum absolute atomic E-state index is 0.174. The summed E-state index contributed by atoms with van der Waals surface area (Å²) in [6.07, 6.45) is 2.68. The van der Waals surface area contributed by atoms with E-state index in [2.05, 4.69) is 16.5 Å². The Kier molecular flexibility index (Phi) is 3.22. The minimum atomic E-state index is -3.74. The maximum Gasteiger partial charge on any atom is 0.269 e. The topological polar surface area (TPSA) is 85.1 Å². The highest BCUT2D eigenvalue weighted by Crippen LogP contribution is 2.21. The molecule has 0 amide bonds. The van der Waals surface area contributed by atoms with Crippen LogP contribution in [0, 0.1) is 6.92 Å². The Balaban J connectivity index is 2.17. The standard InChI is InChI=1S/C15H13N3O3S/c1-10-3-5-12(6-4-10)22(20,21)18-8-7-13-15(18)16-9-14(17-13)11(2)19/h3-9,19H,2H2,1H3. The zero-order chi connectivity index (χ0) is 15.9. The lowest BCUT2D eigenvalue weighted by molar-refractivity contribution is 0.510. The van der Waals surface area contributed by atoms with Crippen LogP contribution in [-0.2, 0) is 10.0 Å². The second-order valence-electron chi connectivity index (χ2n) is 4.84. The molecule has 0 radical (unpaired) electrons. The van der Waals surface area contributed by atoms with Crippen LogP contribution >= 0.6 is 0 Å². The van der Waals surface area contributed by atoms with E-state index in [1.165, 1.54) is 18.5 Å². The van der Waals surface area contributed by atoms with Crippen molar-refractivity contribution in [2.24, 2.45) is 0 Å². The monoisotopic (exact) mass is 315 g/mol. The Bertz CT molecular complexity index is 973. The molecule has 2 heterocycles. The third-order valence-corrected chi connectivity index (χ3v) is 4.91. The molecule has 1 N–H and O–H groups in total. The Hall–Kier alpha value is -2.67. The normalized spacial score (nSPS) is 11.7. The zero-order valence-electron chi connectivity index (χ0n) is 11.8. The molecule has 2 aromatic heterocycles. The molecule has 6 nitrogen and oxygen atoms in total. The Labute approximate surface area is 127 Å². The van der Waals surface area contributed by atoms with Crippen LogP contribution in [0.3, 0.4) is 0 Å². The number of hydrogen-bond acceptors (Lipinski definition) is 5. The molecule has 0 spiro atoms. The molecule has 3 rings (SSSR count). The Morgan fingerprint density at radius 2 is 1.91 bits per heavy atom. The third-order valence-electron chi connectivity index (χ3n) is 3.23. The molecule has 0 atom stereocenters. The Morgan fingerprint density at radius 3 is 2.55 bits per heavy atom. The van der Waals surface area contributed by atoms with Gasteiger partial charge in [-0.2, -0.15) is 0 Å². The second kappa shape index (κ2) is 4.96. The number of hydrogen-bond donors (Lipinski definition) is 1. The molecule has 0 unspecified atom stereocenters. The van der Waals surface area contributed by atoms with E-state index in [-0.39, 0.29) is 22.0 Å². The van der Waals surface area contributed by atoms with Crippen molar-refractivity contribution in [2.45, 2.75) is 11.8 Å². The van der Waals surface area contributed by atoms with Crippen LogP contribution in [0.1, 0.15) is 11.3 Å². The molecule has 0 saturated carbocycles. The zero-order valence-corrected chi connectivity index (χ0v) is 12.6. The summed E-state index contributed by atoms with van der Waals surface area (Å²) < 4.78 is 26.4. The van der Waals surface area contributed by atoms with Crippen molar-refractivity contribution in [1.82, 2.24) is 13.9 Å². The van der Waals surface area contributed by atoms with Crippen molar-refractivity contribution in [2.75, 3.05) is 0 Å². The van der Waals surface area contributed by atoms with Crippen LogP contribution in [0.25, 0.3) is 16.9 Å². The molecule has 0 aliphatic heterocycles.